The predicted octanol–water partition coefficient (Wildman–Crippen LogP) is 2.71. The average Bonchev–Trinajstić information content (AvgIpc) is 2.32. The molecule has 2 N–H and O–H groups in total. The molecular formula is C13H16Br2N2O2. The zero-order valence-corrected chi connectivity index (χ0v) is 14.0. The Bertz CT molecular complexity index is 455. The maximum absolute atomic E-state index is 11.9. The van der Waals surface area contributed by atoms with Crippen LogP contribution >= 0.6 is 31.9 Å². The molecule has 0 radical (unpaired) electrons. The first-order valence-electron chi connectivity index (χ1n) is 5.89. The summed E-state index contributed by atoms with van der Waals surface area (Å²) in [5.41, 5.74) is 0.498. The van der Waals surface area contributed by atoms with Crippen molar-refractivity contribution in [2.75, 3.05) is 13.1 Å². The van der Waals surface area contributed by atoms with Gasteiger partial charge in [0.05, 0.1) is 6.54 Å². The van der Waals surface area contributed by atoms with E-state index in [-0.39, 0.29) is 18.4 Å². The maximum atomic E-state index is 11.9. The van der Waals surface area contributed by atoms with Gasteiger partial charge in [-0.15, -0.1) is 0 Å². The summed E-state index contributed by atoms with van der Waals surface area (Å²) >= 11 is 6.63. The molecule has 0 aromatic heterocycles. The Morgan fingerprint density at radius 1 is 1.11 bits per heavy atom. The molecule has 1 aromatic rings. The molecule has 0 aliphatic heterocycles. The van der Waals surface area contributed by atoms with E-state index >= 15 is 0 Å². The van der Waals surface area contributed by atoms with Gasteiger partial charge in [0.15, 0.2) is 0 Å². The van der Waals surface area contributed by atoms with Crippen LogP contribution in [0, 0.1) is 5.92 Å². The van der Waals surface area contributed by atoms with Crippen molar-refractivity contribution in [3.8, 4) is 0 Å². The van der Waals surface area contributed by atoms with Crippen LogP contribution in [-0.2, 0) is 4.79 Å². The van der Waals surface area contributed by atoms with Crippen LogP contribution < -0.4 is 10.6 Å². The molecule has 104 valence electrons. The van der Waals surface area contributed by atoms with Gasteiger partial charge in [0, 0.05) is 21.1 Å². The molecule has 2 amide bonds. The van der Waals surface area contributed by atoms with Gasteiger partial charge in [-0.3, -0.25) is 9.59 Å². The molecule has 1 aromatic carbocycles. The van der Waals surface area contributed by atoms with E-state index in [1.807, 2.05) is 19.9 Å². The first-order chi connectivity index (χ1) is 8.88. The predicted molar refractivity (Wildman–Crippen MR) is 82.0 cm³/mol. The summed E-state index contributed by atoms with van der Waals surface area (Å²) in [6.07, 6.45) is 0. The second kappa shape index (κ2) is 7.65. The van der Waals surface area contributed by atoms with Crippen LogP contribution in [0.25, 0.3) is 0 Å². The number of benzene rings is 1. The molecule has 0 unspecified atom stereocenters. The van der Waals surface area contributed by atoms with E-state index in [1.54, 1.807) is 12.1 Å². The minimum atomic E-state index is -0.276. The molecule has 0 aliphatic rings. The highest BCUT2D eigenvalue weighted by atomic mass is 79.9. The van der Waals surface area contributed by atoms with E-state index in [0.717, 1.165) is 8.95 Å². The highest BCUT2D eigenvalue weighted by Crippen LogP contribution is 2.19. The lowest BCUT2D eigenvalue weighted by Gasteiger charge is -2.09. The summed E-state index contributed by atoms with van der Waals surface area (Å²) in [6.45, 7) is 4.61. The SMILES string of the molecule is CC(C)CNC(=O)CNC(=O)c1cc(Br)cc(Br)c1. The summed E-state index contributed by atoms with van der Waals surface area (Å²) in [6, 6.07) is 5.24. The van der Waals surface area contributed by atoms with Crippen molar-refractivity contribution < 1.29 is 9.59 Å². The maximum Gasteiger partial charge on any atom is 0.251 e. The van der Waals surface area contributed by atoms with Crippen molar-refractivity contribution in [3.63, 3.8) is 0 Å². The molecule has 0 heterocycles. The van der Waals surface area contributed by atoms with Crippen LogP contribution in [0.3, 0.4) is 0 Å². The lowest BCUT2D eigenvalue weighted by atomic mass is 10.2. The zero-order valence-electron chi connectivity index (χ0n) is 10.8. The van der Waals surface area contributed by atoms with Gasteiger partial charge in [0.25, 0.3) is 5.91 Å². The van der Waals surface area contributed by atoms with Gasteiger partial charge in [-0.1, -0.05) is 45.7 Å². The van der Waals surface area contributed by atoms with Gasteiger partial charge in [-0.25, -0.2) is 0 Å². The van der Waals surface area contributed by atoms with Crippen LogP contribution in [0.4, 0.5) is 0 Å². The standard InChI is InChI=1S/C13H16Br2N2O2/c1-8(2)6-16-12(18)7-17-13(19)9-3-10(14)5-11(15)4-9/h3-5,8H,6-7H2,1-2H3,(H,16,18)(H,17,19). The van der Waals surface area contributed by atoms with Gasteiger partial charge in [-0.05, 0) is 24.1 Å². The van der Waals surface area contributed by atoms with Crippen molar-refractivity contribution in [1.82, 2.24) is 10.6 Å². The Morgan fingerprint density at radius 2 is 1.68 bits per heavy atom. The summed E-state index contributed by atoms with van der Waals surface area (Å²) in [7, 11) is 0. The van der Waals surface area contributed by atoms with E-state index in [2.05, 4.69) is 42.5 Å². The monoisotopic (exact) mass is 390 g/mol. The molecule has 0 spiro atoms. The second-order valence-corrected chi connectivity index (χ2v) is 6.37. The molecule has 4 nitrogen and oxygen atoms in total. The van der Waals surface area contributed by atoms with E-state index in [0.29, 0.717) is 18.0 Å². The van der Waals surface area contributed by atoms with Crippen molar-refractivity contribution in [2.24, 2.45) is 5.92 Å². The van der Waals surface area contributed by atoms with Crippen molar-refractivity contribution in [2.45, 2.75) is 13.8 Å². The van der Waals surface area contributed by atoms with Crippen LogP contribution in [0.1, 0.15) is 24.2 Å². The number of rotatable bonds is 5. The molecule has 19 heavy (non-hydrogen) atoms. The van der Waals surface area contributed by atoms with Gasteiger partial charge in [-0.2, -0.15) is 0 Å². The number of carbonyl (C=O) groups excluding carboxylic acids is 2. The number of nitrogens with one attached hydrogen (secondary N) is 2. The van der Waals surface area contributed by atoms with E-state index in [9.17, 15) is 9.59 Å². The molecule has 0 saturated heterocycles. The summed E-state index contributed by atoms with van der Waals surface area (Å²) < 4.78 is 1.60. The van der Waals surface area contributed by atoms with Gasteiger partial charge >= 0.3 is 0 Å². The highest BCUT2D eigenvalue weighted by molar-refractivity contribution is 9.11. The lowest BCUT2D eigenvalue weighted by Crippen LogP contribution is -2.38. The Kier molecular flexibility index (Phi) is 6.51. The van der Waals surface area contributed by atoms with Gasteiger partial charge < -0.3 is 10.6 Å². The molecule has 1 rings (SSSR count). The van der Waals surface area contributed by atoms with Crippen LogP contribution in [0.2, 0.25) is 0 Å². The van der Waals surface area contributed by atoms with Crippen LogP contribution in [0.15, 0.2) is 27.1 Å². The number of carbonyl (C=O) groups is 2. The first kappa shape index (κ1) is 16.2. The lowest BCUT2D eigenvalue weighted by molar-refractivity contribution is -0.120. The van der Waals surface area contributed by atoms with E-state index in [1.165, 1.54) is 0 Å². The smallest absolute Gasteiger partial charge is 0.251 e. The Labute approximate surface area is 129 Å². The summed E-state index contributed by atoms with van der Waals surface area (Å²) in [5, 5.41) is 5.32. The fraction of sp³-hybridized carbons (Fsp3) is 0.385. The Hall–Kier alpha value is -0.880. The third-order valence-electron chi connectivity index (χ3n) is 2.24. The number of halogens is 2. The Balaban J connectivity index is 2.49. The number of amides is 2. The highest BCUT2D eigenvalue weighted by Gasteiger charge is 2.09. The van der Waals surface area contributed by atoms with Crippen molar-refractivity contribution in [1.29, 1.82) is 0 Å². The second-order valence-electron chi connectivity index (χ2n) is 4.54. The molecule has 6 heteroatoms. The Morgan fingerprint density at radius 3 is 2.21 bits per heavy atom. The summed E-state index contributed by atoms with van der Waals surface area (Å²) in [4.78, 5) is 23.3. The molecule has 0 bridgehead atoms. The quantitative estimate of drug-likeness (QED) is 0.810. The van der Waals surface area contributed by atoms with Gasteiger partial charge in [0.2, 0.25) is 5.91 Å². The summed E-state index contributed by atoms with van der Waals surface area (Å²) in [5.74, 6) is -0.0708. The van der Waals surface area contributed by atoms with Crippen molar-refractivity contribution >= 4 is 43.7 Å². The third kappa shape index (κ3) is 6.20. The third-order valence-corrected chi connectivity index (χ3v) is 3.16. The van der Waals surface area contributed by atoms with Gasteiger partial charge in [0.1, 0.15) is 0 Å². The van der Waals surface area contributed by atoms with E-state index < -0.39 is 0 Å². The molecule has 0 aliphatic carbocycles. The number of hydrogen-bond donors (Lipinski definition) is 2. The number of hydrogen-bond acceptors (Lipinski definition) is 2. The normalized spacial score (nSPS) is 10.4. The van der Waals surface area contributed by atoms with Crippen LogP contribution in [0.5, 0.6) is 0 Å². The fourth-order valence-corrected chi connectivity index (χ4v) is 2.62. The fourth-order valence-electron chi connectivity index (χ4n) is 1.33. The minimum absolute atomic E-state index is 0.0182. The minimum Gasteiger partial charge on any atom is -0.354 e. The van der Waals surface area contributed by atoms with E-state index in [4.69, 9.17) is 0 Å². The average molecular weight is 392 g/mol. The van der Waals surface area contributed by atoms with Crippen molar-refractivity contribution in [3.05, 3.63) is 32.7 Å². The molecule has 0 atom stereocenters. The molecular weight excluding hydrogens is 376 g/mol. The van der Waals surface area contributed by atoms with Crippen LogP contribution in [-0.4, -0.2) is 24.9 Å². The molecule has 0 saturated carbocycles. The topological polar surface area (TPSA) is 58.2 Å². The first-order valence-corrected chi connectivity index (χ1v) is 7.48. The largest absolute Gasteiger partial charge is 0.354 e. The molecule has 0 fully saturated rings. The zero-order chi connectivity index (χ0) is 14.4.